The van der Waals surface area contributed by atoms with Crippen LogP contribution < -0.4 is 0 Å². The van der Waals surface area contributed by atoms with E-state index in [-0.39, 0.29) is 0 Å². The monoisotopic (exact) mass is 229 g/mol. The fraction of sp³-hybridized carbons (Fsp3) is 1.00. The molecular weight excluding hydrogens is 201 g/mol. The van der Waals surface area contributed by atoms with Crippen LogP contribution in [0.25, 0.3) is 0 Å². The number of hydrogen-bond acceptors (Lipinski definition) is 1. The van der Waals surface area contributed by atoms with Crippen molar-refractivity contribution in [1.82, 2.24) is 4.90 Å². The van der Waals surface area contributed by atoms with E-state index in [2.05, 4.69) is 34.9 Å². The zero-order valence-corrected chi connectivity index (χ0v) is 12.3. The summed E-state index contributed by atoms with van der Waals surface area (Å²) in [7, 11) is 3.07. The Balaban J connectivity index is 0.000000531. The van der Waals surface area contributed by atoms with Crippen LogP contribution in [0, 0.1) is 0 Å². The Bertz CT molecular complexity index is 207. The van der Waals surface area contributed by atoms with E-state index in [4.69, 9.17) is 0 Å². The molecular formula is C13H28NP. The van der Waals surface area contributed by atoms with Crippen molar-refractivity contribution in [3.05, 3.63) is 0 Å². The molecule has 1 aliphatic carbocycles. The maximum atomic E-state index is 3.07. The molecule has 1 aliphatic heterocycles. The molecule has 2 unspecified atom stereocenters. The first-order chi connectivity index (χ1) is 6.95. The van der Waals surface area contributed by atoms with E-state index in [1.54, 1.807) is 0 Å². The fourth-order valence-corrected chi connectivity index (χ4v) is 3.48. The zero-order valence-electron chi connectivity index (χ0n) is 11.1. The van der Waals surface area contributed by atoms with Crippen molar-refractivity contribution in [2.45, 2.75) is 77.0 Å². The molecule has 2 fully saturated rings. The van der Waals surface area contributed by atoms with Gasteiger partial charge in [0.05, 0.1) is 0 Å². The van der Waals surface area contributed by atoms with Crippen LogP contribution in [0.4, 0.5) is 0 Å². The summed E-state index contributed by atoms with van der Waals surface area (Å²) >= 11 is 0. The second kappa shape index (κ2) is 4.72. The quantitative estimate of drug-likeness (QED) is 0.620. The molecule has 2 atom stereocenters. The molecule has 1 spiro atoms. The predicted octanol–water partition coefficient (Wildman–Crippen LogP) is 3.68. The van der Waals surface area contributed by atoms with E-state index >= 15 is 0 Å². The van der Waals surface area contributed by atoms with Crippen LogP contribution in [0.5, 0.6) is 0 Å². The Kier molecular flexibility index (Phi) is 4.23. The van der Waals surface area contributed by atoms with Crippen molar-refractivity contribution in [1.29, 1.82) is 0 Å². The number of likely N-dealkylation sites (tertiary alicyclic amines) is 1. The summed E-state index contributed by atoms with van der Waals surface area (Å²) in [5.41, 5.74) is 0.614. The lowest BCUT2D eigenvalue weighted by atomic mass is 9.88. The highest BCUT2D eigenvalue weighted by molar-refractivity contribution is 7.18. The van der Waals surface area contributed by atoms with Gasteiger partial charge >= 0.3 is 0 Å². The molecule has 1 saturated carbocycles. The van der Waals surface area contributed by atoms with Crippen molar-refractivity contribution in [3.8, 4) is 0 Å². The minimum atomic E-state index is 0.516. The SMILES string of the molecule is CC.CC(C)N1CCC(C)(P)CC12CC2. The van der Waals surface area contributed by atoms with Gasteiger partial charge in [0, 0.05) is 11.6 Å². The Morgan fingerprint density at radius 1 is 1.13 bits per heavy atom. The molecule has 0 aromatic heterocycles. The third-order valence-corrected chi connectivity index (χ3v) is 4.21. The first-order valence-electron chi connectivity index (χ1n) is 6.51. The van der Waals surface area contributed by atoms with Crippen LogP contribution in [-0.4, -0.2) is 28.2 Å². The Hall–Kier alpha value is 0.390. The standard InChI is InChI=1S/C11H22NP.C2H6/c1-9(2)12-7-6-10(3,13)8-11(12)4-5-11;1-2/h9H,4-8,13H2,1-3H3;1-2H3. The van der Waals surface area contributed by atoms with Gasteiger partial charge in [0.1, 0.15) is 0 Å². The Morgan fingerprint density at radius 2 is 1.67 bits per heavy atom. The van der Waals surface area contributed by atoms with Gasteiger partial charge in [-0.15, -0.1) is 9.24 Å². The van der Waals surface area contributed by atoms with Gasteiger partial charge < -0.3 is 0 Å². The maximum absolute atomic E-state index is 3.07. The van der Waals surface area contributed by atoms with E-state index in [1.165, 1.54) is 32.2 Å². The van der Waals surface area contributed by atoms with Gasteiger partial charge in [-0.1, -0.05) is 20.8 Å². The zero-order chi connectivity index (χ0) is 11.7. The number of rotatable bonds is 1. The van der Waals surface area contributed by atoms with Crippen LogP contribution >= 0.6 is 9.24 Å². The molecule has 0 bridgehead atoms. The van der Waals surface area contributed by atoms with Gasteiger partial charge in [0.15, 0.2) is 0 Å². The van der Waals surface area contributed by atoms with Gasteiger partial charge in [-0.2, -0.15) is 0 Å². The molecule has 0 aromatic rings. The average Bonchev–Trinajstić information content (AvgIpc) is 2.86. The molecule has 2 heteroatoms. The van der Waals surface area contributed by atoms with Crippen LogP contribution in [0.1, 0.15) is 60.3 Å². The lowest BCUT2D eigenvalue weighted by molar-refractivity contribution is 0.0788. The van der Waals surface area contributed by atoms with E-state index in [9.17, 15) is 0 Å². The largest absolute Gasteiger partial charge is 0.295 e. The van der Waals surface area contributed by atoms with E-state index < -0.39 is 0 Å². The minimum absolute atomic E-state index is 0.516. The van der Waals surface area contributed by atoms with E-state index in [1.807, 2.05) is 13.8 Å². The third-order valence-electron chi connectivity index (χ3n) is 3.72. The summed E-state index contributed by atoms with van der Waals surface area (Å²) in [5, 5.41) is 0.516. The topological polar surface area (TPSA) is 3.24 Å². The second-order valence-electron chi connectivity index (χ2n) is 5.59. The fourth-order valence-electron chi connectivity index (χ4n) is 2.97. The van der Waals surface area contributed by atoms with Gasteiger partial charge in [-0.25, -0.2) is 0 Å². The molecule has 1 nitrogen and oxygen atoms in total. The van der Waals surface area contributed by atoms with Crippen LogP contribution in [-0.2, 0) is 0 Å². The van der Waals surface area contributed by atoms with Crippen LogP contribution in [0.15, 0.2) is 0 Å². The molecule has 90 valence electrons. The summed E-state index contributed by atoms with van der Waals surface area (Å²) in [6, 6.07) is 0.739. The minimum Gasteiger partial charge on any atom is -0.295 e. The van der Waals surface area contributed by atoms with Gasteiger partial charge in [-0.3, -0.25) is 4.90 Å². The maximum Gasteiger partial charge on any atom is 0.0222 e. The lowest BCUT2D eigenvalue weighted by Gasteiger charge is -2.46. The highest BCUT2D eigenvalue weighted by Gasteiger charge is 2.53. The molecule has 0 radical (unpaired) electrons. The van der Waals surface area contributed by atoms with Gasteiger partial charge in [-0.05, 0) is 51.2 Å². The summed E-state index contributed by atoms with van der Waals surface area (Å²) in [6.45, 7) is 12.4. The summed E-state index contributed by atoms with van der Waals surface area (Å²) in [4.78, 5) is 2.73. The summed E-state index contributed by atoms with van der Waals surface area (Å²) in [5.74, 6) is 0. The van der Waals surface area contributed by atoms with Crippen molar-refractivity contribution in [2.24, 2.45) is 0 Å². The van der Waals surface area contributed by atoms with Crippen LogP contribution in [0.2, 0.25) is 0 Å². The molecule has 2 rings (SSSR count). The van der Waals surface area contributed by atoms with Crippen molar-refractivity contribution in [3.63, 3.8) is 0 Å². The third kappa shape index (κ3) is 2.94. The van der Waals surface area contributed by atoms with E-state index in [0.717, 1.165) is 6.04 Å². The average molecular weight is 229 g/mol. The smallest absolute Gasteiger partial charge is 0.0222 e. The van der Waals surface area contributed by atoms with Crippen LogP contribution in [0.3, 0.4) is 0 Å². The predicted molar refractivity (Wildman–Crippen MR) is 72.5 cm³/mol. The highest BCUT2D eigenvalue weighted by Crippen LogP contribution is 2.54. The molecule has 1 heterocycles. The Morgan fingerprint density at radius 3 is 2.07 bits per heavy atom. The lowest BCUT2D eigenvalue weighted by Crippen LogP contribution is -2.51. The van der Waals surface area contributed by atoms with Gasteiger partial charge in [0.25, 0.3) is 0 Å². The number of nitrogens with zero attached hydrogens (tertiary/aromatic N) is 1. The molecule has 0 aromatic carbocycles. The van der Waals surface area contributed by atoms with Gasteiger partial charge in [0.2, 0.25) is 0 Å². The highest BCUT2D eigenvalue weighted by atomic mass is 31.0. The molecule has 0 N–H and O–H groups in total. The first kappa shape index (κ1) is 13.5. The number of piperidine rings is 1. The van der Waals surface area contributed by atoms with Crippen molar-refractivity contribution < 1.29 is 0 Å². The van der Waals surface area contributed by atoms with E-state index in [0.29, 0.717) is 10.7 Å². The molecule has 2 aliphatic rings. The normalized spacial score (nSPS) is 33.8. The number of hydrogen-bond donors (Lipinski definition) is 0. The summed E-state index contributed by atoms with van der Waals surface area (Å²) < 4.78 is 0. The molecule has 0 amide bonds. The summed E-state index contributed by atoms with van der Waals surface area (Å²) in [6.07, 6.45) is 5.62. The molecule has 15 heavy (non-hydrogen) atoms. The Labute approximate surface area is 98.2 Å². The molecule has 1 saturated heterocycles. The second-order valence-corrected chi connectivity index (χ2v) is 6.99. The first-order valence-corrected chi connectivity index (χ1v) is 7.09. The van der Waals surface area contributed by atoms with Crippen molar-refractivity contribution in [2.75, 3.05) is 6.54 Å². The van der Waals surface area contributed by atoms with Crippen molar-refractivity contribution >= 4 is 9.24 Å².